The molecule has 3 nitrogen and oxygen atoms in total. The molecule has 0 unspecified atom stereocenters. The highest BCUT2D eigenvalue weighted by Gasteiger charge is 2.10. The summed E-state index contributed by atoms with van der Waals surface area (Å²) in [6.07, 6.45) is 3.26. The summed E-state index contributed by atoms with van der Waals surface area (Å²) >= 11 is 11.7. The van der Waals surface area contributed by atoms with E-state index in [2.05, 4.69) is 19.2 Å². The number of benzene rings is 1. The largest absolute Gasteiger partial charge is 0.397 e. The Morgan fingerprint density at radius 3 is 2.58 bits per heavy atom. The number of rotatable bonds is 6. The van der Waals surface area contributed by atoms with Crippen LogP contribution in [-0.2, 0) is 0 Å². The molecule has 0 aromatic heterocycles. The second-order valence-corrected chi connectivity index (χ2v) is 5.79. The number of nitrogen functional groups attached to an aromatic ring is 1. The molecule has 1 rings (SSSR count). The molecule has 0 saturated heterocycles. The van der Waals surface area contributed by atoms with Crippen LogP contribution in [0, 0.1) is 5.92 Å². The van der Waals surface area contributed by atoms with Gasteiger partial charge in [0.05, 0.1) is 15.7 Å². The van der Waals surface area contributed by atoms with E-state index in [0.29, 0.717) is 28.7 Å². The van der Waals surface area contributed by atoms with Gasteiger partial charge >= 0.3 is 0 Å². The number of carbonyl (C=O) groups is 1. The van der Waals surface area contributed by atoms with Gasteiger partial charge in [0, 0.05) is 12.1 Å². The van der Waals surface area contributed by atoms with Crippen LogP contribution < -0.4 is 11.1 Å². The molecule has 0 aliphatic rings. The number of anilines is 1. The van der Waals surface area contributed by atoms with E-state index in [1.54, 1.807) is 0 Å². The molecule has 106 valence electrons. The van der Waals surface area contributed by atoms with Gasteiger partial charge in [-0.1, -0.05) is 49.9 Å². The molecule has 0 aliphatic heterocycles. The summed E-state index contributed by atoms with van der Waals surface area (Å²) in [5, 5.41) is 3.44. The fourth-order valence-corrected chi connectivity index (χ4v) is 2.06. The molecule has 0 heterocycles. The zero-order valence-electron chi connectivity index (χ0n) is 11.3. The van der Waals surface area contributed by atoms with Crippen LogP contribution in [-0.4, -0.2) is 12.5 Å². The Labute approximate surface area is 124 Å². The molecule has 0 bridgehead atoms. The maximum atomic E-state index is 11.9. The van der Waals surface area contributed by atoms with Crippen molar-refractivity contribution < 1.29 is 4.79 Å². The lowest BCUT2D eigenvalue weighted by Crippen LogP contribution is -2.24. The van der Waals surface area contributed by atoms with E-state index < -0.39 is 0 Å². The van der Waals surface area contributed by atoms with E-state index in [1.165, 1.54) is 18.6 Å². The van der Waals surface area contributed by atoms with Gasteiger partial charge < -0.3 is 11.1 Å². The average Bonchev–Trinajstić information content (AvgIpc) is 2.34. The number of unbranched alkanes of at least 4 members (excludes halogenated alkanes) is 1. The molecule has 0 atom stereocenters. The quantitative estimate of drug-likeness (QED) is 0.613. The van der Waals surface area contributed by atoms with Crippen molar-refractivity contribution in [1.82, 2.24) is 5.32 Å². The van der Waals surface area contributed by atoms with Crippen LogP contribution in [0.15, 0.2) is 12.1 Å². The van der Waals surface area contributed by atoms with Crippen molar-refractivity contribution >= 4 is 34.8 Å². The summed E-state index contributed by atoms with van der Waals surface area (Å²) in [6.45, 7) is 5.04. The Kier molecular flexibility index (Phi) is 6.46. The predicted molar refractivity (Wildman–Crippen MR) is 81.9 cm³/mol. The van der Waals surface area contributed by atoms with E-state index in [9.17, 15) is 4.79 Å². The number of hydrogen-bond acceptors (Lipinski definition) is 2. The summed E-state index contributed by atoms with van der Waals surface area (Å²) in [7, 11) is 0. The Bertz CT molecular complexity index is 424. The molecule has 19 heavy (non-hydrogen) atoms. The zero-order valence-corrected chi connectivity index (χ0v) is 12.8. The molecule has 5 heteroatoms. The number of nitrogens with one attached hydrogen (secondary N) is 1. The van der Waals surface area contributed by atoms with Crippen LogP contribution in [0.1, 0.15) is 43.5 Å². The first-order chi connectivity index (χ1) is 8.91. The molecule has 1 amide bonds. The van der Waals surface area contributed by atoms with Gasteiger partial charge in [-0.05, 0) is 24.5 Å². The summed E-state index contributed by atoms with van der Waals surface area (Å²) < 4.78 is 0. The van der Waals surface area contributed by atoms with Crippen LogP contribution in [0.3, 0.4) is 0 Å². The minimum absolute atomic E-state index is 0.171. The third kappa shape index (κ3) is 5.29. The lowest BCUT2D eigenvalue weighted by Gasteiger charge is -2.08. The molecule has 0 aliphatic carbocycles. The monoisotopic (exact) mass is 302 g/mol. The zero-order chi connectivity index (χ0) is 14.4. The molecule has 0 radical (unpaired) electrons. The van der Waals surface area contributed by atoms with Gasteiger partial charge in [-0.2, -0.15) is 0 Å². The first kappa shape index (κ1) is 16.1. The second-order valence-electron chi connectivity index (χ2n) is 5.01. The first-order valence-corrected chi connectivity index (χ1v) is 7.20. The minimum Gasteiger partial charge on any atom is -0.397 e. The summed E-state index contributed by atoms with van der Waals surface area (Å²) in [6, 6.07) is 3.07. The van der Waals surface area contributed by atoms with Gasteiger partial charge in [0.2, 0.25) is 0 Å². The summed E-state index contributed by atoms with van der Waals surface area (Å²) in [5.41, 5.74) is 6.43. The Morgan fingerprint density at radius 1 is 1.32 bits per heavy atom. The smallest absolute Gasteiger partial charge is 0.251 e. The molecule has 0 spiro atoms. The first-order valence-electron chi connectivity index (χ1n) is 6.44. The fraction of sp³-hybridized carbons (Fsp3) is 0.500. The number of nitrogens with two attached hydrogens (primary N) is 1. The van der Waals surface area contributed by atoms with E-state index in [-0.39, 0.29) is 10.9 Å². The molecule has 0 fully saturated rings. The Hall–Kier alpha value is -0.930. The molecule has 1 aromatic rings. The van der Waals surface area contributed by atoms with Gasteiger partial charge in [-0.3, -0.25) is 4.79 Å². The predicted octanol–water partition coefficient (Wildman–Crippen LogP) is 4.13. The molecular formula is C14H20Cl2N2O. The van der Waals surface area contributed by atoms with Gasteiger partial charge in [0.1, 0.15) is 0 Å². The van der Waals surface area contributed by atoms with Gasteiger partial charge in [-0.15, -0.1) is 0 Å². The SMILES string of the molecule is CC(C)CCCCNC(=O)c1cc(N)c(Cl)c(Cl)c1. The van der Waals surface area contributed by atoms with Crippen molar-refractivity contribution in [2.45, 2.75) is 33.1 Å². The normalized spacial score (nSPS) is 10.8. The highest BCUT2D eigenvalue weighted by molar-refractivity contribution is 6.43. The second kappa shape index (κ2) is 7.61. The van der Waals surface area contributed by atoms with Crippen molar-refractivity contribution in [3.8, 4) is 0 Å². The van der Waals surface area contributed by atoms with Crippen LogP contribution in [0.2, 0.25) is 10.0 Å². The van der Waals surface area contributed by atoms with Gasteiger partial charge in [0.25, 0.3) is 5.91 Å². The van der Waals surface area contributed by atoms with Crippen molar-refractivity contribution in [1.29, 1.82) is 0 Å². The molecule has 1 aromatic carbocycles. The summed E-state index contributed by atoms with van der Waals surface area (Å²) in [5.74, 6) is 0.528. The number of carbonyl (C=O) groups excluding carboxylic acids is 1. The third-order valence-electron chi connectivity index (χ3n) is 2.81. The van der Waals surface area contributed by atoms with Gasteiger partial charge in [-0.25, -0.2) is 0 Å². The van der Waals surface area contributed by atoms with E-state index in [4.69, 9.17) is 28.9 Å². The summed E-state index contributed by atoms with van der Waals surface area (Å²) in [4.78, 5) is 11.9. The molecule has 3 N–H and O–H groups in total. The average molecular weight is 303 g/mol. The lowest BCUT2D eigenvalue weighted by atomic mass is 10.1. The van der Waals surface area contributed by atoms with Crippen molar-refractivity contribution in [2.24, 2.45) is 5.92 Å². The highest BCUT2D eigenvalue weighted by Crippen LogP contribution is 2.29. The van der Waals surface area contributed by atoms with Crippen LogP contribution >= 0.6 is 23.2 Å². The molecular weight excluding hydrogens is 283 g/mol. The van der Waals surface area contributed by atoms with Crippen molar-refractivity contribution in [2.75, 3.05) is 12.3 Å². The van der Waals surface area contributed by atoms with E-state index in [0.717, 1.165) is 12.8 Å². The minimum atomic E-state index is -0.171. The molecule has 0 saturated carbocycles. The van der Waals surface area contributed by atoms with Gasteiger partial charge in [0.15, 0.2) is 0 Å². The number of amides is 1. The third-order valence-corrected chi connectivity index (χ3v) is 3.63. The van der Waals surface area contributed by atoms with E-state index in [1.807, 2.05) is 0 Å². The fourth-order valence-electron chi connectivity index (χ4n) is 1.72. The topological polar surface area (TPSA) is 55.1 Å². The van der Waals surface area contributed by atoms with E-state index >= 15 is 0 Å². The maximum Gasteiger partial charge on any atom is 0.251 e. The Balaban J connectivity index is 2.46. The standard InChI is InChI=1S/C14H20Cl2N2O/c1-9(2)5-3-4-6-18-14(19)10-7-11(15)13(16)12(17)8-10/h7-9H,3-6,17H2,1-2H3,(H,18,19). The number of hydrogen-bond donors (Lipinski definition) is 2. The number of halogens is 2. The van der Waals surface area contributed by atoms with Crippen molar-refractivity contribution in [3.63, 3.8) is 0 Å². The van der Waals surface area contributed by atoms with Crippen molar-refractivity contribution in [3.05, 3.63) is 27.7 Å². The van der Waals surface area contributed by atoms with Crippen LogP contribution in [0.25, 0.3) is 0 Å². The van der Waals surface area contributed by atoms with Crippen LogP contribution in [0.4, 0.5) is 5.69 Å². The van der Waals surface area contributed by atoms with Crippen LogP contribution in [0.5, 0.6) is 0 Å². The Morgan fingerprint density at radius 2 is 2.00 bits per heavy atom. The maximum absolute atomic E-state index is 11.9. The highest BCUT2D eigenvalue weighted by atomic mass is 35.5. The lowest BCUT2D eigenvalue weighted by molar-refractivity contribution is 0.0953.